The van der Waals surface area contributed by atoms with Crippen molar-refractivity contribution in [2.24, 2.45) is 0 Å². The van der Waals surface area contributed by atoms with Gasteiger partial charge in [-0.05, 0) is 37.5 Å². The molecule has 0 radical (unpaired) electrons. The van der Waals surface area contributed by atoms with E-state index in [-0.39, 0.29) is 5.91 Å². The van der Waals surface area contributed by atoms with E-state index in [4.69, 9.17) is 9.47 Å². The zero-order chi connectivity index (χ0) is 18.5. The third kappa shape index (κ3) is 4.04. The van der Waals surface area contributed by atoms with Gasteiger partial charge in [0.1, 0.15) is 17.3 Å². The van der Waals surface area contributed by atoms with Crippen molar-refractivity contribution in [3.63, 3.8) is 0 Å². The summed E-state index contributed by atoms with van der Waals surface area (Å²) in [5.74, 6) is 2.55. The second-order valence-electron chi connectivity index (χ2n) is 6.23. The van der Waals surface area contributed by atoms with Crippen molar-refractivity contribution in [3.8, 4) is 11.5 Å². The monoisotopic (exact) mass is 356 g/mol. The average Bonchev–Trinajstić information content (AvgIpc) is 3.19. The molecule has 0 bridgehead atoms. The van der Waals surface area contributed by atoms with Crippen LogP contribution in [0.3, 0.4) is 0 Å². The van der Waals surface area contributed by atoms with Gasteiger partial charge >= 0.3 is 0 Å². The molecule has 1 aliphatic rings. The molecule has 26 heavy (non-hydrogen) atoms. The number of rotatable bonds is 6. The Kier molecular flexibility index (Phi) is 5.55. The summed E-state index contributed by atoms with van der Waals surface area (Å²) >= 11 is 0. The molecular weight excluding hydrogens is 332 g/mol. The van der Waals surface area contributed by atoms with Crippen molar-refractivity contribution in [2.75, 3.05) is 32.6 Å². The second-order valence-corrected chi connectivity index (χ2v) is 6.23. The van der Waals surface area contributed by atoms with Crippen LogP contribution in [0, 0.1) is 6.92 Å². The number of hydrogen-bond donors (Lipinski definition) is 1. The number of methoxy groups -OCH3 is 2. The third-order valence-electron chi connectivity index (χ3n) is 4.37. The fourth-order valence-corrected chi connectivity index (χ4v) is 3.03. The van der Waals surface area contributed by atoms with Gasteiger partial charge in [0.05, 0.1) is 14.2 Å². The molecular formula is C19H24N4O3. The number of benzene rings is 1. The number of carbonyl (C=O) groups is 1. The lowest BCUT2D eigenvalue weighted by Crippen LogP contribution is -2.28. The van der Waals surface area contributed by atoms with Gasteiger partial charge in [0.2, 0.25) is 0 Å². The van der Waals surface area contributed by atoms with Crippen molar-refractivity contribution in [1.82, 2.24) is 14.9 Å². The van der Waals surface area contributed by atoms with Crippen LogP contribution in [0.5, 0.6) is 11.5 Å². The van der Waals surface area contributed by atoms with Crippen LogP contribution >= 0.6 is 0 Å². The van der Waals surface area contributed by atoms with Gasteiger partial charge in [-0.15, -0.1) is 0 Å². The number of amides is 1. The minimum absolute atomic E-state index is 0.0258. The quantitative estimate of drug-likeness (QED) is 0.857. The molecule has 0 aliphatic carbocycles. The first-order valence-electron chi connectivity index (χ1n) is 8.70. The minimum Gasteiger partial charge on any atom is -0.493 e. The number of aromatic nitrogens is 2. The molecule has 1 aromatic heterocycles. The van der Waals surface area contributed by atoms with Crippen molar-refractivity contribution >= 4 is 11.7 Å². The van der Waals surface area contributed by atoms with E-state index in [1.165, 1.54) is 0 Å². The van der Waals surface area contributed by atoms with Gasteiger partial charge in [0.15, 0.2) is 11.5 Å². The molecule has 1 aromatic carbocycles. The number of nitrogens with one attached hydrogen (secondary N) is 1. The zero-order valence-corrected chi connectivity index (χ0v) is 15.4. The molecule has 1 amide bonds. The molecule has 1 N–H and O–H groups in total. The van der Waals surface area contributed by atoms with Crippen LogP contribution in [0.1, 0.15) is 34.7 Å². The summed E-state index contributed by atoms with van der Waals surface area (Å²) in [5, 5.41) is 3.26. The molecule has 2 aromatic rings. The highest BCUT2D eigenvalue weighted by molar-refractivity contribution is 5.93. The largest absolute Gasteiger partial charge is 0.493 e. The van der Waals surface area contributed by atoms with E-state index in [0.717, 1.165) is 31.5 Å². The Morgan fingerprint density at radius 3 is 2.54 bits per heavy atom. The Balaban J connectivity index is 1.73. The molecule has 7 heteroatoms. The summed E-state index contributed by atoms with van der Waals surface area (Å²) < 4.78 is 10.6. The molecule has 0 unspecified atom stereocenters. The van der Waals surface area contributed by atoms with Crippen molar-refractivity contribution in [1.29, 1.82) is 0 Å². The Bertz CT molecular complexity index is 788. The van der Waals surface area contributed by atoms with Crippen LogP contribution < -0.4 is 14.8 Å². The number of carbonyl (C=O) groups excluding carboxylic acids is 1. The minimum atomic E-state index is -0.0258. The van der Waals surface area contributed by atoms with Crippen LogP contribution in [-0.2, 0) is 6.54 Å². The molecule has 7 nitrogen and oxygen atoms in total. The van der Waals surface area contributed by atoms with Crippen molar-refractivity contribution < 1.29 is 14.3 Å². The van der Waals surface area contributed by atoms with Crippen molar-refractivity contribution in [2.45, 2.75) is 26.3 Å². The number of aryl methyl sites for hydroxylation is 1. The molecule has 1 fully saturated rings. The Morgan fingerprint density at radius 1 is 1.12 bits per heavy atom. The SMILES string of the molecule is COc1ccc(CNc2cc(C(=O)N3CCCC3)nc(C)n2)cc1OC. The molecule has 1 aliphatic heterocycles. The van der Waals surface area contributed by atoms with Gasteiger partial charge in [0, 0.05) is 25.7 Å². The third-order valence-corrected chi connectivity index (χ3v) is 4.37. The predicted octanol–water partition coefficient (Wildman–Crippen LogP) is 2.65. The number of ether oxygens (including phenoxy) is 2. The Hall–Kier alpha value is -2.83. The fraction of sp³-hybridized carbons (Fsp3) is 0.421. The van der Waals surface area contributed by atoms with Crippen LogP contribution in [0.2, 0.25) is 0 Å². The first kappa shape index (κ1) is 18.0. The van der Waals surface area contributed by atoms with E-state index in [9.17, 15) is 4.79 Å². The number of nitrogens with zero attached hydrogens (tertiary/aromatic N) is 3. The van der Waals surface area contributed by atoms with Gasteiger partial charge in [-0.25, -0.2) is 9.97 Å². The summed E-state index contributed by atoms with van der Waals surface area (Å²) in [6, 6.07) is 7.45. The zero-order valence-electron chi connectivity index (χ0n) is 15.4. The molecule has 0 saturated carbocycles. The van der Waals surface area contributed by atoms with E-state index < -0.39 is 0 Å². The maximum atomic E-state index is 12.6. The average molecular weight is 356 g/mol. The second kappa shape index (κ2) is 8.03. The van der Waals surface area contributed by atoms with Crippen LogP contribution in [-0.4, -0.2) is 48.1 Å². The van der Waals surface area contributed by atoms with E-state index in [1.807, 2.05) is 23.1 Å². The molecule has 2 heterocycles. The lowest BCUT2D eigenvalue weighted by Gasteiger charge is -2.15. The highest BCUT2D eigenvalue weighted by Gasteiger charge is 2.21. The lowest BCUT2D eigenvalue weighted by atomic mass is 10.2. The summed E-state index contributed by atoms with van der Waals surface area (Å²) in [6.07, 6.45) is 2.11. The number of likely N-dealkylation sites (tertiary alicyclic amines) is 1. The number of anilines is 1. The van der Waals surface area contributed by atoms with Gasteiger partial charge in [-0.1, -0.05) is 6.07 Å². The molecule has 0 atom stereocenters. The van der Waals surface area contributed by atoms with Crippen LogP contribution in [0.15, 0.2) is 24.3 Å². The predicted molar refractivity (Wildman–Crippen MR) is 98.8 cm³/mol. The fourth-order valence-electron chi connectivity index (χ4n) is 3.03. The van der Waals surface area contributed by atoms with E-state index in [1.54, 1.807) is 27.2 Å². The van der Waals surface area contributed by atoms with Gasteiger partial charge in [0.25, 0.3) is 5.91 Å². The number of hydrogen-bond acceptors (Lipinski definition) is 6. The summed E-state index contributed by atoms with van der Waals surface area (Å²) in [5.41, 5.74) is 1.46. The van der Waals surface area contributed by atoms with E-state index in [2.05, 4.69) is 15.3 Å². The molecule has 3 rings (SSSR count). The summed E-state index contributed by atoms with van der Waals surface area (Å²) in [6.45, 7) is 3.95. The van der Waals surface area contributed by atoms with Gasteiger partial charge in [-0.2, -0.15) is 0 Å². The maximum Gasteiger partial charge on any atom is 0.272 e. The lowest BCUT2D eigenvalue weighted by molar-refractivity contribution is 0.0786. The van der Waals surface area contributed by atoms with Crippen molar-refractivity contribution in [3.05, 3.63) is 41.3 Å². The van der Waals surface area contributed by atoms with Crippen LogP contribution in [0.25, 0.3) is 0 Å². The molecule has 138 valence electrons. The smallest absolute Gasteiger partial charge is 0.272 e. The van der Waals surface area contributed by atoms with E-state index >= 15 is 0 Å². The summed E-state index contributed by atoms with van der Waals surface area (Å²) in [7, 11) is 3.22. The highest BCUT2D eigenvalue weighted by Crippen LogP contribution is 2.27. The first-order valence-corrected chi connectivity index (χ1v) is 8.70. The first-order chi connectivity index (χ1) is 12.6. The standard InChI is InChI=1S/C19H24N4O3/c1-13-21-15(19(24)23-8-4-5-9-23)11-18(22-13)20-12-14-6-7-16(25-2)17(10-14)26-3/h6-7,10-11H,4-5,8-9,12H2,1-3H3,(H,20,21,22). The molecule has 1 saturated heterocycles. The molecule has 0 spiro atoms. The van der Waals surface area contributed by atoms with Gasteiger partial charge < -0.3 is 19.7 Å². The Labute approximate surface area is 153 Å². The van der Waals surface area contributed by atoms with Gasteiger partial charge in [-0.3, -0.25) is 4.79 Å². The van der Waals surface area contributed by atoms with Crippen LogP contribution in [0.4, 0.5) is 5.82 Å². The normalized spacial score (nSPS) is 13.6. The maximum absolute atomic E-state index is 12.6. The topological polar surface area (TPSA) is 76.6 Å². The van der Waals surface area contributed by atoms with E-state index in [0.29, 0.717) is 35.4 Å². The highest BCUT2D eigenvalue weighted by atomic mass is 16.5. The summed E-state index contributed by atoms with van der Waals surface area (Å²) in [4.78, 5) is 23.1. The Morgan fingerprint density at radius 2 is 1.85 bits per heavy atom.